The molecule has 0 fully saturated rings. The van der Waals surface area contributed by atoms with Crippen LogP contribution in [0.3, 0.4) is 0 Å². The molecule has 7 nitrogen and oxygen atoms in total. The third kappa shape index (κ3) is 2.70. The topological polar surface area (TPSA) is 91.6 Å². The van der Waals surface area contributed by atoms with Gasteiger partial charge in [-0.1, -0.05) is 17.3 Å². The molecule has 0 bridgehead atoms. The minimum atomic E-state index is -0.554. The van der Waals surface area contributed by atoms with Crippen LogP contribution in [0.25, 0.3) is 5.69 Å². The van der Waals surface area contributed by atoms with E-state index in [0.717, 1.165) is 0 Å². The maximum Gasteiger partial charge on any atom is 0.331 e. The predicted octanol–water partition coefficient (Wildman–Crippen LogP) is -0.0781. The standard InChI is InChI=1S/C11H9N3O4/c1-8(15)17-12-6-9-4-2-3-5-10(9)14-7-11(16)18-13-14/h2-7H,1H3/b12-6+. The van der Waals surface area contributed by atoms with Crippen molar-refractivity contribution in [2.24, 2.45) is 5.16 Å². The maximum atomic E-state index is 10.9. The summed E-state index contributed by atoms with van der Waals surface area (Å²) in [5, 5.41) is 18.0. The molecule has 0 aliphatic heterocycles. The Morgan fingerprint density at radius 3 is 3.00 bits per heavy atom. The molecule has 18 heavy (non-hydrogen) atoms. The molecule has 0 radical (unpaired) electrons. The number of hydrogen-bond donors (Lipinski definition) is 0. The average Bonchev–Trinajstić information content (AvgIpc) is 2.76. The summed E-state index contributed by atoms with van der Waals surface area (Å²) in [5.41, 5.74) is 1.20. The fraction of sp³-hybridized carbons (Fsp3) is 0.0909. The zero-order chi connectivity index (χ0) is 13.0. The van der Waals surface area contributed by atoms with Crippen LogP contribution in [0.5, 0.6) is 5.95 Å². The lowest BCUT2D eigenvalue weighted by molar-refractivity contribution is -0.670. The summed E-state index contributed by atoms with van der Waals surface area (Å²) in [6.45, 7) is 1.25. The summed E-state index contributed by atoms with van der Waals surface area (Å²) in [6.07, 6.45) is 2.54. The first kappa shape index (κ1) is 11.8. The van der Waals surface area contributed by atoms with Crippen LogP contribution in [0.1, 0.15) is 12.5 Å². The van der Waals surface area contributed by atoms with E-state index in [0.29, 0.717) is 11.3 Å². The van der Waals surface area contributed by atoms with Gasteiger partial charge in [0.15, 0.2) is 0 Å². The Morgan fingerprint density at radius 1 is 1.56 bits per heavy atom. The Bertz CT molecular complexity index is 591. The van der Waals surface area contributed by atoms with E-state index in [1.807, 2.05) is 0 Å². The molecule has 0 atom stereocenters. The van der Waals surface area contributed by atoms with Crippen LogP contribution in [-0.4, -0.2) is 17.5 Å². The number of benzene rings is 1. The molecule has 0 amide bonds. The largest absolute Gasteiger partial charge is 0.539 e. The molecule has 1 aromatic carbocycles. The lowest BCUT2D eigenvalue weighted by atomic mass is 10.2. The van der Waals surface area contributed by atoms with Gasteiger partial charge in [0.25, 0.3) is 0 Å². The number of oxime groups is 1. The molecule has 7 heteroatoms. The Kier molecular flexibility index (Phi) is 3.33. The summed E-state index contributed by atoms with van der Waals surface area (Å²) >= 11 is 0. The Balaban J connectivity index is 2.31. The van der Waals surface area contributed by atoms with Crippen LogP contribution >= 0.6 is 0 Å². The number of carbonyl (C=O) groups excluding carboxylic acids is 1. The van der Waals surface area contributed by atoms with Gasteiger partial charge in [-0.25, -0.2) is 4.79 Å². The van der Waals surface area contributed by atoms with Crippen LogP contribution < -0.4 is 9.79 Å². The van der Waals surface area contributed by atoms with Crippen molar-refractivity contribution in [2.45, 2.75) is 6.92 Å². The van der Waals surface area contributed by atoms with Crippen molar-refractivity contribution in [3.05, 3.63) is 36.0 Å². The van der Waals surface area contributed by atoms with Gasteiger partial charge in [-0.05, 0) is 10.7 Å². The van der Waals surface area contributed by atoms with E-state index in [-0.39, 0.29) is 0 Å². The van der Waals surface area contributed by atoms with Gasteiger partial charge in [0.05, 0.1) is 17.0 Å². The van der Waals surface area contributed by atoms with Crippen molar-refractivity contribution in [3.8, 4) is 11.6 Å². The van der Waals surface area contributed by atoms with Crippen LogP contribution in [0.4, 0.5) is 0 Å². The van der Waals surface area contributed by atoms with Crippen molar-refractivity contribution < 1.29 is 23.9 Å². The van der Waals surface area contributed by atoms with E-state index in [1.165, 1.54) is 24.0 Å². The first-order chi connectivity index (χ1) is 8.66. The van der Waals surface area contributed by atoms with Gasteiger partial charge in [0.2, 0.25) is 11.9 Å². The molecule has 0 aliphatic rings. The van der Waals surface area contributed by atoms with E-state index in [9.17, 15) is 9.90 Å². The molecule has 1 aromatic heterocycles. The average molecular weight is 247 g/mol. The molecule has 92 valence electrons. The minimum absolute atomic E-state index is 0.514. The number of rotatable bonds is 3. The number of hydrogen-bond acceptors (Lipinski definition) is 6. The molecule has 0 aliphatic carbocycles. The third-order valence-corrected chi connectivity index (χ3v) is 2.00. The van der Waals surface area contributed by atoms with Crippen LogP contribution in [0, 0.1) is 0 Å². The summed E-state index contributed by atoms with van der Waals surface area (Å²) in [5.74, 6) is -1.07. The summed E-state index contributed by atoms with van der Waals surface area (Å²) < 4.78 is 5.72. The zero-order valence-corrected chi connectivity index (χ0v) is 9.44. The Morgan fingerprint density at radius 2 is 2.33 bits per heavy atom. The predicted molar refractivity (Wildman–Crippen MR) is 56.8 cm³/mol. The van der Waals surface area contributed by atoms with E-state index in [2.05, 4.69) is 19.8 Å². The fourth-order valence-electron chi connectivity index (χ4n) is 1.31. The van der Waals surface area contributed by atoms with Crippen molar-refractivity contribution in [1.29, 1.82) is 0 Å². The first-order valence-corrected chi connectivity index (χ1v) is 5.03. The van der Waals surface area contributed by atoms with Gasteiger partial charge in [-0.2, -0.15) is 0 Å². The maximum absolute atomic E-state index is 10.9. The van der Waals surface area contributed by atoms with Crippen molar-refractivity contribution >= 4 is 12.2 Å². The molecule has 0 N–H and O–H groups in total. The third-order valence-electron chi connectivity index (χ3n) is 2.00. The number of para-hydroxylation sites is 1. The van der Waals surface area contributed by atoms with Crippen molar-refractivity contribution in [1.82, 2.24) is 5.27 Å². The van der Waals surface area contributed by atoms with Gasteiger partial charge in [-0.3, -0.25) is 0 Å². The quantitative estimate of drug-likeness (QED) is 0.327. The number of carbonyl (C=O) groups is 1. The molecular weight excluding hydrogens is 238 g/mol. The minimum Gasteiger partial charge on any atom is -0.539 e. The molecule has 1 heterocycles. The lowest BCUT2D eigenvalue weighted by Crippen LogP contribution is -2.32. The number of nitrogens with zero attached hydrogens (tertiary/aromatic N) is 3. The second kappa shape index (κ2) is 5.09. The van der Waals surface area contributed by atoms with Crippen molar-refractivity contribution in [3.63, 3.8) is 0 Å². The highest BCUT2D eigenvalue weighted by molar-refractivity contribution is 5.83. The normalized spacial score (nSPS) is 10.7. The summed E-state index contributed by atoms with van der Waals surface area (Å²) in [7, 11) is 0. The van der Waals surface area contributed by atoms with Gasteiger partial charge >= 0.3 is 5.97 Å². The SMILES string of the molecule is CC(=O)O/N=C/c1ccccc1-[n+]1cc([O-])on1. The smallest absolute Gasteiger partial charge is 0.331 e. The highest BCUT2D eigenvalue weighted by Crippen LogP contribution is 2.07. The zero-order valence-electron chi connectivity index (χ0n) is 9.44. The number of aromatic nitrogens is 2. The highest BCUT2D eigenvalue weighted by atomic mass is 16.7. The Labute approximate surface area is 102 Å². The van der Waals surface area contributed by atoms with E-state index in [4.69, 9.17) is 0 Å². The van der Waals surface area contributed by atoms with E-state index < -0.39 is 11.9 Å². The van der Waals surface area contributed by atoms with Gasteiger partial charge in [-0.15, -0.1) is 0 Å². The van der Waals surface area contributed by atoms with Gasteiger partial charge < -0.3 is 14.5 Å². The molecule has 0 spiro atoms. The molecule has 2 rings (SSSR count). The van der Waals surface area contributed by atoms with Gasteiger partial charge in [0, 0.05) is 13.0 Å². The molecule has 2 aromatic rings. The second-order valence-corrected chi connectivity index (χ2v) is 3.34. The molecule has 0 saturated heterocycles. The van der Waals surface area contributed by atoms with Crippen LogP contribution in [-0.2, 0) is 9.63 Å². The highest BCUT2D eigenvalue weighted by Gasteiger charge is 2.13. The summed E-state index contributed by atoms with van der Waals surface area (Å²) in [6, 6.07) is 6.99. The van der Waals surface area contributed by atoms with Crippen LogP contribution in [0.2, 0.25) is 0 Å². The van der Waals surface area contributed by atoms with E-state index >= 15 is 0 Å². The molecule has 0 saturated carbocycles. The monoisotopic (exact) mass is 247 g/mol. The van der Waals surface area contributed by atoms with Crippen molar-refractivity contribution in [2.75, 3.05) is 0 Å². The molecular formula is C11H9N3O4. The van der Waals surface area contributed by atoms with Crippen LogP contribution in [0.15, 0.2) is 40.1 Å². The first-order valence-electron chi connectivity index (χ1n) is 5.03. The van der Waals surface area contributed by atoms with Gasteiger partial charge in [0.1, 0.15) is 5.95 Å². The second-order valence-electron chi connectivity index (χ2n) is 3.34. The van der Waals surface area contributed by atoms with E-state index in [1.54, 1.807) is 24.3 Å². The lowest BCUT2D eigenvalue weighted by Gasteiger charge is -1.95. The summed E-state index contributed by atoms with van der Waals surface area (Å²) in [4.78, 5) is 15.0. The Hall–Kier alpha value is -2.70. The fourth-order valence-corrected chi connectivity index (χ4v) is 1.31. The molecule has 0 unspecified atom stereocenters.